The fraction of sp³-hybridized carbons (Fsp3) is 0.857. The highest BCUT2D eigenvalue weighted by molar-refractivity contribution is 5.78. The Morgan fingerprint density at radius 2 is 2.05 bits per heavy atom. The maximum Gasteiger partial charge on any atom is 0.248 e. The number of hydrogen-bond donors (Lipinski definition) is 0. The van der Waals surface area contributed by atoms with Crippen LogP contribution in [0.25, 0.3) is 0 Å². The van der Waals surface area contributed by atoms with Crippen molar-refractivity contribution in [3.8, 4) is 0 Å². The Labute approximate surface area is 125 Å². The Bertz CT molecular complexity index is 388. The molecule has 2 fully saturated rings. The first-order chi connectivity index (χ1) is 10.0. The Balaban J connectivity index is 1.91. The summed E-state index contributed by atoms with van der Waals surface area (Å²) < 4.78 is 16.4. The third-order valence-corrected chi connectivity index (χ3v) is 4.04. The van der Waals surface area contributed by atoms with E-state index in [-0.39, 0.29) is 43.3 Å². The summed E-state index contributed by atoms with van der Waals surface area (Å²) in [6.45, 7) is 1.23. The van der Waals surface area contributed by atoms with Gasteiger partial charge < -0.3 is 24.0 Å². The SMILES string of the molecule is COCC(=O)N1CCO[C@H]2[C@H](OCC(=O)N(C)C)CC[C@@H]21. The minimum Gasteiger partial charge on any atom is -0.375 e. The molecular weight excluding hydrogens is 276 g/mol. The van der Waals surface area contributed by atoms with Gasteiger partial charge in [0.15, 0.2) is 0 Å². The number of hydrogen-bond acceptors (Lipinski definition) is 5. The first kappa shape index (κ1) is 16.2. The molecule has 0 radical (unpaired) electrons. The zero-order valence-corrected chi connectivity index (χ0v) is 12.9. The molecule has 1 heterocycles. The van der Waals surface area contributed by atoms with Gasteiger partial charge in [0.25, 0.3) is 0 Å². The molecule has 0 bridgehead atoms. The Hall–Kier alpha value is -1.18. The molecule has 1 aliphatic carbocycles. The fourth-order valence-corrected chi connectivity index (χ4v) is 2.92. The van der Waals surface area contributed by atoms with Gasteiger partial charge in [0.2, 0.25) is 11.8 Å². The number of nitrogens with zero attached hydrogens (tertiary/aromatic N) is 2. The lowest BCUT2D eigenvalue weighted by Crippen LogP contribution is -2.54. The topological polar surface area (TPSA) is 68.3 Å². The van der Waals surface area contributed by atoms with Crippen LogP contribution in [0.15, 0.2) is 0 Å². The summed E-state index contributed by atoms with van der Waals surface area (Å²) in [7, 11) is 4.92. The van der Waals surface area contributed by atoms with E-state index in [0.717, 1.165) is 12.8 Å². The van der Waals surface area contributed by atoms with Gasteiger partial charge in [-0.15, -0.1) is 0 Å². The maximum atomic E-state index is 12.0. The molecule has 0 aromatic heterocycles. The quantitative estimate of drug-likeness (QED) is 0.684. The highest BCUT2D eigenvalue weighted by atomic mass is 16.5. The predicted octanol–water partition coefficient (Wildman–Crippen LogP) is -0.504. The summed E-state index contributed by atoms with van der Waals surface area (Å²) >= 11 is 0. The van der Waals surface area contributed by atoms with Crippen LogP contribution in [0.3, 0.4) is 0 Å². The highest BCUT2D eigenvalue weighted by Crippen LogP contribution is 2.32. The van der Waals surface area contributed by atoms with Gasteiger partial charge >= 0.3 is 0 Å². The monoisotopic (exact) mass is 300 g/mol. The zero-order chi connectivity index (χ0) is 15.4. The van der Waals surface area contributed by atoms with Crippen LogP contribution in [-0.4, -0.2) is 87.4 Å². The number of amides is 2. The van der Waals surface area contributed by atoms with Crippen LogP contribution in [0.2, 0.25) is 0 Å². The lowest BCUT2D eigenvalue weighted by Gasteiger charge is -2.39. The van der Waals surface area contributed by atoms with Crippen LogP contribution in [0.5, 0.6) is 0 Å². The van der Waals surface area contributed by atoms with Crippen LogP contribution >= 0.6 is 0 Å². The van der Waals surface area contributed by atoms with E-state index < -0.39 is 0 Å². The Kier molecular flexibility index (Phi) is 5.55. The van der Waals surface area contributed by atoms with Crippen molar-refractivity contribution in [2.45, 2.75) is 31.1 Å². The van der Waals surface area contributed by atoms with Gasteiger partial charge in [-0.05, 0) is 12.8 Å². The number of morpholine rings is 1. The second-order valence-corrected chi connectivity index (χ2v) is 5.64. The van der Waals surface area contributed by atoms with E-state index in [1.807, 2.05) is 4.90 Å². The van der Waals surface area contributed by atoms with Crippen molar-refractivity contribution < 1.29 is 23.8 Å². The van der Waals surface area contributed by atoms with Crippen molar-refractivity contribution in [1.82, 2.24) is 9.80 Å². The van der Waals surface area contributed by atoms with Gasteiger partial charge in [-0.1, -0.05) is 0 Å². The molecule has 120 valence electrons. The van der Waals surface area contributed by atoms with E-state index in [0.29, 0.717) is 13.2 Å². The normalized spacial score (nSPS) is 28.3. The number of fused-ring (bicyclic) bond motifs is 1. The minimum absolute atomic E-state index is 0.0131. The number of likely N-dealkylation sites (N-methyl/N-ethyl adjacent to an activating group) is 1. The summed E-state index contributed by atoms with van der Waals surface area (Å²) in [6, 6.07) is 0.0286. The molecule has 0 spiro atoms. The Morgan fingerprint density at radius 1 is 1.29 bits per heavy atom. The molecule has 2 rings (SSSR count). The summed E-state index contributed by atoms with van der Waals surface area (Å²) in [6.07, 6.45) is 1.36. The number of rotatable bonds is 5. The van der Waals surface area contributed by atoms with E-state index >= 15 is 0 Å². The van der Waals surface area contributed by atoms with E-state index in [4.69, 9.17) is 14.2 Å². The summed E-state index contributed by atoms with van der Waals surface area (Å²) in [5, 5.41) is 0. The predicted molar refractivity (Wildman–Crippen MR) is 74.8 cm³/mol. The molecule has 3 atom stereocenters. The maximum absolute atomic E-state index is 12.0. The number of carbonyl (C=O) groups excluding carboxylic acids is 2. The van der Waals surface area contributed by atoms with Crippen molar-refractivity contribution in [2.75, 3.05) is 47.6 Å². The Morgan fingerprint density at radius 3 is 2.71 bits per heavy atom. The van der Waals surface area contributed by atoms with Gasteiger partial charge in [0, 0.05) is 27.7 Å². The van der Waals surface area contributed by atoms with Crippen LogP contribution in [0, 0.1) is 0 Å². The molecule has 0 aromatic carbocycles. The van der Waals surface area contributed by atoms with Gasteiger partial charge in [0.05, 0.1) is 18.8 Å². The van der Waals surface area contributed by atoms with Gasteiger partial charge in [-0.2, -0.15) is 0 Å². The van der Waals surface area contributed by atoms with Crippen LogP contribution in [0.4, 0.5) is 0 Å². The smallest absolute Gasteiger partial charge is 0.248 e. The molecule has 1 saturated heterocycles. The number of carbonyl (C=O) groups is 2. The zero-order valence-electron chi connectivity index (χ0n) is 12.9. The second-order valence-electron chi connectivity index (χ2n) is 5.64. The molecule has 2 amide bonds. The third kappa shape index (κ3) is 3.72. The number of ether oxygens (including phenoxy) is 3. The molecule has 2 aliphatic rings. The van der Waals surface area contributed by atoms with Crippen LogP contribution in [-0.2, 0) is 23.8 Å². The van der Waals surface area contributed by atoms with Crippen LogP contribution in [0.1, 0.15) is 12.8 Å². The molecule has 1 saturated carbocycles. The summed E-state index contributed by atoms with van der Waals surface area (Å²) in [5.74, 6) is -0.0811. The summed E-state index contributed by atoms with van der Waals surface area (Å²) in [5.41, 5.74) is 0. The standard InChI is InChI=1S/C14H24N2O5/c1-15(2)12(17)9-21-11-5-4-10-14(11)20-7-6-16(10)13(18)8-19-3/h10-11,14H,4-9H2,1-3H3/t10-,11+,14+/m0/s1. The molecule has 7 heteroatoms. The average Bonchev–Trinajstić information content (AvgIpc) is 2.87. The largest absolute Gasteiger partial charge is 0.375 e. The first-order valence-corrected chi connectivity index (χ1v) is 7.26. The first-order valence-electron chi connectivity index (χ1n) is 7.26. The van der Waals surface area contributed by atoms with Crippen molar-refractivity contribution in [3.63, 3.8) is 0 Å². The van der Waals surface area contributed by atoms with E-state index in [1.165, 1.54) is 12.0 Å². The molecule has 0 aromatic rings. The molecule has 0 N–H and O–H groups in total. The second kappa shape index (κ2) is 7.20. The number of methoxy groups -OCH3 is 1. The lowest BCUT2D eigenvalue weighted by atomic mass is 10.1. The highest BCUT2D eigenvalue weighted by Gasteiger charge is 2.45. The van der Waals surface area contributed by atoms with Crippen molar-refractivity contribution >= 4 is 11.8 Å². The van der Waals surface area contributed by atoms with Crippen molar-refractivity contribution in [1.29, 1.82) is 0 Å². The van der Waals surface area contributed by atoms with Crippen molar-refractivity contribution in [2.24, 2.45) is 0 Å². The lowest BCUT2D eigenvalue weighted by molar-refractivity contribution is -0.158. The fourth-order valence-electron chi connectivity index (χ4n) is 2.92. The molecule has 1 aliphatic heterocycles. The van der Waals surface area contributed by atoms with Gasteiger partial charge in [-0.3, -0.25) is 9.59 Å². The van der Waals surface area contributed by atoms with E-state index in [1.54, 1.807) is 14.1 Å². The third-order valence-electron chi connectivity index (χ3n) is 4.04. The summed E-state index contributed by atoms with van der Waals surface area (Å²) in [4.78, 5) is 27.0. The minimum atomic E-state index is -0.144. The van der Waals surface area contributed by atoms with E-state index in [9.17, 15) is 9.59 Å². The average molecular weight is 300 g/mol. The van der Waals surface area contributed by atoms with Gasteiger partial charge in [0.1, 0.15) is 19.3 Å². The van der Waals surface area contributed by atoms with Gasteiger partial charge in [-0.25, -0.2) is 0 Å². The van der Waals surface area contributed by atoms with Crippen molar-refractivity contribution in [3.05, 3.63) is 0 Å². The van der Waals surface area contributed by atoms with E-state index in [2.05, 4.69) is 0 Å². The molecule has 21 heavy (non-hydrogen) atoms. The molecular formula is C14H24N2O5. The molecule has 7 nitrogen and oxygen atoms in total. The molecule has 0 unspecified atom stereocenters. The van der Waals surface area contributed by atoms with Crippen LogP contribution < -0.4 is 0 Å².